The molecule has 0 aliphatic carbocycles. The molecule has 0 radical (unpaired) electrons. The normalized spacial score (nSPS) is 18.2. The van der Waals surface area contributed by atoms with Gasteiger partial charge in [0.1, 0.15) is 12.5 Å². The van der Waals surface area contributed by atoms with Crippen molar-refractivity contribution in [2.45, 2.75) is 12.2 Å². The van der Waals surface area contributed by atoms with E-state index in [1.807, 2.05) is 0 Å². The molecule has 2 rings (SSSR count). The van der Waals surface area contributed by atoms with E-state index in [0.717, 1.165) is 0 Å². The Morgan fingerprint density at radius 3 is 2.59 bits per heavy atom. The Morgan fingerprint density at radius 2 is 2.00 bits per heavy atom. The molecule has 0 atom stereocenters. The predicted octanol–water partition coefficient (Wildman–Crippen LogP) is 1.34. The van der Waals surface area contributed by atoms with Gasteiger partial charge in [0.15, 0.2) is 0 Å². The maximum Gasteiger partial charge on any atom is 0.220 e. The van der Waals surface area contributed by atoms with Gasteiger partial charge in [-0.1, -0.05) is 12.1 Å². The molecule has 0 amide bonds. The summed E-state index contributed by atoms with van der Waals surface area (Å²) in [7, 11) is -3.36. The van der Waals surface area contributed by atoms with Gasteiger partial charge >= 0.3 is 0 Å². The molecule has 1 saturated heterocycles. The highest BCUT2D eigenvalue weighted by Crippen LogP contribution is 2.14. The van der Waals surface area contributed by atoms with Crippen LogP contribution in [-0.2, 0) is 20.5 Å². The van der Waals surface area contributed by atoms with Crippen molar-refractivity contribution in [1.29, 1.82) is 0 Å². The minimum atomic E-state index is -3.36. The Bertz CT molecular complexity index is 466. The number of nitrogens with zero attached hydrogens (tertiary/aromatic N) is 1. The largest absolute Gasteiger partial charge is 0.365 e. The van der Waals surface area contributed by atoms with E-state index >= 15 is 0 Å². The highest BCUT2D eigenvalue weighted by molar-refractivity contribution is 7.88. The monoisotopic (exact) mass is 259 g/mol. The van der Waals surface area contributed by atoms with Gasteiger partial charge in [-0.2, -0.15) is 4.31 Å². The van der Waals surface area contributed by atoms with Crippen molar-refractivity contribution in [3.63, 3.8) is 0 Å². The number of rotatable bonds is 3. The molecule has 94 valence electrons. The Balaban J connectivity index is 2.08. The standard InChI is InChI=1S/C11H14FNO3S/c12-11-4-2-10(3-5-11)8-17(14,15)13-6-1-7-16-9-13/h2-5H,1,6-9H2. The lowest BCUT2D eigenvalue weighted by Gasteiger charge is -2.25. The van der Waals surface area contributed by atoms with Crippen LogP contribution in [0.4, 0.5) is 4.39 Å². The van der Waals surface area contributed by atoms with Crippen LogP contribution in [0.25, 0.3) is 0 Å². The molecule has 1 aromatic rings. The smallest absolute Gasteiger partial charge is 0.220 e. The van der Waals surface area contributed by atoms with Crippen LogP contribution in [0, 0.1) is 5.82 Å². The van der Waals surface area contributed by atoms with E-state index in [-0.39, 0.29) is 18.3 Å². The number of benzene rings is 1. The fourth-order valence-corrected chi connectivity index (χ4v) is 3.11. The second-order valence-electron chi connectivity index (χ2n) is 3.95. The van der Waals surface area contributed by atoms with Crippen LogP contribution < -0.4 is 0 Å². The van der Waals surface area contributed by atoms with Gasteiger partial charge in [-0.15, -0.1) is 0 Å². The molecule has 6 heteroatoms. The zero-order chi connectivity index (χ0) is 12.3. The lowest BCUT2D eigenvalue weighted by Crippen LogP contribution is -2.38. The summed E-state index contributed by atoms with van der Waals surface area (Å²) in [4.78, 5) is 0. The molecule has 1 fully saturated rings. The van der Waals surface area contributed by atoms with Crippen LogP contribution in [0.5, 0.6) is 0 Å². The van der Waals surface area contributed by atoms with Gasteiger partial charge in [0.05, 0.1) is 5.75 Å². The van der Waals surface area contributed by atoms with Gasteiger partial charge in [-0.3, -0.25) is 0 Å². The van der Waals surface area contributed by atoms with E-state index in [1.54, 1.807) is 0 Å². The summed E-state index contributed by atoms with van der Waals surface area (Å²) in [5.41, 5.74) is 0.581. The Labute approximate surface area is 100 Å². The average molecular weight is 259 g/mol. The molecule has 0 bridgehead atoms. The van der Waals surface area contributed by atoms with Gasteiger partial charge in [-0.05, 0) is 24.1 Å². The SMILES string of the molecule is O=S(=O)(Cc1ccc(F)cc1)N1CCCOC1. The Hall–Kier alpha value is -0.980. The van der Waals surface area contributed by atoms with E-state index < -0.39 is 10.0 Å². The van der Waals surface area contributed by atoms with E-state index in [1.165, 1.54) is 28.6 Å². The molecular formula is C11H14FNO3S. The summed E-state index contributed by atoms with van der Waals surface area (Å²) in [5.74, 6) is -0.483. The summed E-state index contributed by atoms with van der Waals surface area (Å²) in [6.45, 7) is 1.20. The summed E-state index contributed by atoms with van der Waals surface area (Å²) in [6, 6.07) is 5.49. The maximum atomic E-state index is 12.7. The van der Waals surface area contributed by atoms with E-state index in [0.29, 0.717) is 25.1 Å². The van der Waals surface area contributed by atoms with Crippen LogP contribution in [-0.4, -0.2) is 32.6 Å². The molecule has 0 spiro atoms. The fraction of sp³-hybridized carbons (Fsp3) is 0.455. The Morgan fingerprint density at radius 1 is 1.29 bits per heavy atom. The quantitative estimate of drug-likeness (QED) is 0.823. The third-order valence-corrected chi connectivity index (χ3v) is 4.36. The van der Waals surface area contributed by atoms with E-state index in [9.17, 15) is 12.8 Å². The van der Waals surface area contributed by atoms with Crippen molar-refractivity contribution >= 4 is 10.0 Å². The molecule has 1 aliphatic heterocycles. The predicted molar refractivity (Wildman–Crippen MR) is 61.2 cm³/mol. The van der Waals surface area contributed by atoms with Crippen molar-refractivity contribution < 1.29 is 17.5 Å². The Kier molecular flexibility index (Phi) is 3.76. The first-order chi connectivity index (χ1) is 8.08. The van der Waals surface area contributed by atoms with Crippen LogP contribution in [0.1, 0.15) is 12.0 Å². The molecule has 0 unspecified atom stereocenters. The molecule has 1 aromatic carbocycles. The molecule has 1 heterocycles. The molecule has 17 heavy (non-hydrogen) atoms. The highest BCUT2D eigenvalue weighted by Gasteiger charge is 2.24. The first-order valence-electron chi connectivity index (χ1n) is 5.38. The first-order valence-corrected chi connectivity index (χ1v) is 6.99. The van der Waals surface area contributed by atoms with Crippen LogP contribution in [0.2, 0.25) is 0 Å². The lowest BCUT2D eigenvalue weighted by molar-refractivity contribution is 0.0312. The summed E-state index contributed by atoms with van der Waals surface area (Å²) in [6.07, 6.45) is 0.711. The second-order valence-corrected chi connectivity index (χ2v) is 5.92. The second kappa shape index (κ2) is 5.12. The number of hydrogen-bond acceptors (Lipinski definition) is 3. The van der Waals surface area contributed by atoms with Crippen molar-refractivity contribution in [3.8, 4) is 0 Å². The highest BCUT2D eigenvalue weighted by atomic mass is 32.2. The van der Waals surface area contributed by atoms with Gasteiger partial charge in [0.25, 0.3) is 0 Å². The minimum Gasteiger partial charge on any atom is -0.365 e. The number of sulfonamides is 1. The number of ether oxygens (including phenoxy) is 1. The first kappa shape index (κ1) is 12.5. The van der Waals surface area contributed by atoms with Gasteiger partial charge in [-0.25, -0.2) is 12.8 Å². The zero-order valence-electron chi connectivity index (χ0n) is 9.30. The average Bonchev–Trinajstić information content (AvgIpc) is 2.33. The minimum absolute atomic E-state index is 0.114. The lowest BCUT2D eigenvalue weighted by atomic mass is 10.2. The van der Waals surface area contributed by atoms with Gasteiger partial charge in [0.2, 0.25) is 10.0 Å². The molecule has 4 nitrogen and oxygen atoms in total. The third kappa shape index (κ3) is 3.24. The van der Waals surface area contributed by atoms with Crippen LogP contribution in [0.3, 0.4) is 0 Å². The maximum absolute atomic E-state index is 12.7. The van der Waals surface area contributed by atoms with Gasteiger partial charge in [0, 0.05) is 13.2 Å². The number of hydrogen-bond donors (Lipinski definition) is 0. The molecule has 0 N–H and O–H groups in total. The molecular weight excluding hydrogens is 245 g/mol. The molecule has 1 aliphatic rings. The van der Waals surface area contributed by atoms with Crippen molar-refractivity contribution in [2.75, 3.05) is 19.9 Å². The van der Waals surface area contributed by atoms with Gasteiger partial charge < -0.3 is 4.74 Å². The summed E-state index contributed by atoms with van der Waals surface area (Å²) >= 11 is 0. The third-order valence-electron chi connectivity index (χ3n) is 2.59. The molecule has 0 saturated carbocycles. The van der Waals surface area contributed by atoms with Crippen molar-refractivity contribution in [2.24, 2.45) is 0 Å². The zero-order valence-corrected chi connectivity index (χ0v) is 10.1. The topological polar surface area (TPSA) is 46.6 Å². The fourth-order valence-electron chi connectivity index (χ4n) is 1.68. The van der Waals surface area contributed by atoms with Crippen molar-refractivity contribution in [3.05, 3.63) is 35.6 Å². The summed E-state index contributed by atoms with van der Waals surface area (Å²) in [5, 5.41) is 0. The van der Waals surface area contributed by atoms with E-state index in [2.05, 4.69) is 0 Å². The number of halogens is 1. The molecule has 0 aromatic heterocycles. The van der Waals surface area contributed by atoms with Crippen LogP contribution in [0.15, 0.2) is 24.3 Å². The van der Waals surface area contributed by atoms with E-state index in [4.69, 9.17) is 4.74 Å². The van der Waals surface area contributed by atoms with Crippen LogP contribution >= 0.6 is 0 Å². The van der Waals surface area contributed by atoms with Crippen molar-refractivity contribution in [1.82, 2.24) is 4.31 Å². The summed E-state index contributed by atoms with van der Waals surface area (Å²) < 4.78 is 43.1.